The van der Waals surface area contributed by atoms with E-state index < -0.39 is 5.91 Å². The molecule has 1 N–H and O–H groups in total. The van der Waals surface area contributed by atoms with Crippen molar-refractivity contribution in [2.75, 3.05) is 12.4 Å². The second-order valence-corrected chi connectivity index (χ2v) is 6.46. The number of hydrogen-bond acceptors (Lipinski definition) is 4. The Kier molecular flexibility index (Phi) is 5.78. The van der Waals surface area contributed by atoms with Crippen molar-refractivity contribution in [1.29, 1.82) is 0 Å². The Morgan fingerprint density at radius 2 is 1.96 bits per heavy atom. The van der Waals surface area contributed by atoms with Crippen LogP contribution >= 0.6 is 23.2 Å². The number of ether oxygens (including phenoxy) is 1. The average molecular weight is 404 g/mol. The van der Waals surface area contributed by atoms with Crippen LogP contribution in [0.1, 0.15) is 0 Å². The highest BCUT2D eigenvalue weighted by molar-refractivity contribution is 6.36. The molecule has 3 rings (SSSR count). The Morgan fingerprint density at radius 1 is 1.19 bits per heavy atom. The van der Waals surface area contributed by atoms with Crippen LogP contribution in [0, 0.1) is 0 Å². The summed E-state index contributed by atoms with van der Waals surface area (Å²) in [5.41, 5.74) is 1.22. The van der Waals surface area contributed by atoms with Gasteiger partial charge in [0, 0.05) is 16.7 Å². The van der Waals surface area contributed by atoms with Crippen LogP contribution in [0.2, 0.25) is 10.0 Å². The number of methoxy groups -OCH3 is 1. The van der Waals surface area contributed by atoms with Crippen LogP contribution in [0.15, 0.2) is 59.7 Å². The fourth-order valence-electron chi connectivity index (χ4n) is 2.48. The van der Waals surface area contributed by atoms with E-state index in [4.69, 9.17) is 27.9 Å². The first kappa shape index (κ1) is 18.9. The van der Waals surface area contributed by atoms with E-state index in [1.807, 2.05) is 12.1 Å². The van der Waals surface area contributed by atoms with Crippen molar-refractivity contribution in [2.24, 2.45) is 0 Å². The van der Waals surface area contributed by atoms with Crippen LogP contribution in [-0.4, -0.2) is 22.6 Å². The Labute approximate surface area is 165 Å². The average Bonchev–Trinajstić information content (AvgIpc) is 2.65. The van der Waals surface area contributed by atoms with Crippen LogP contribution < -0.4 is 15.6 Å². The number of halogens is 2. The molecule has 0 aliphatic heterocycles. The summed E-state index contributed by atoms with van der Waals surface area (Å²) in [7, 11) is 1.55. The minimum absolute atomic E-state index is 0.197. The van der Waals surface area contributed by atoms with Gasteiger partial charge in [-0.2, -0.15) is 0 Å². The van der Waals surface area contributed by atoms with Crippen LogP contribution in [0.4, 0.5) is 5.69 Å². The molecule has 0 radical (unpaired) electrons. The zero-order valence-corrected chi connectivity index (χ0v) is 15.8. The molecule has 6 nitrogen and oxygen atoms in total. The van der Waals surface area contributed by atoms with Crippen LogP contribution in [0.5, 0.6) is 5.75 Å². The van der Waals surface area contributed by atoms with Crippen molar-refractivity contribution in [3.8, 4) is 17.0 Å². The molecule has 8 heteroatoms. The number of amides is 1. The largest absolute Gasteiger partial charge is 0.496 e. The van der Waals surface area contributed by atoms with Crippen molar-refractivity contribution in [3.63, 3.8) is 0 Å². The number of nitrogens with one attached hydrogen (secondary N) is 1. The first-order valence-electron chi connectivity index (χ1n) is 7.92. The molecule has 3 aromatic rings. The fraction of sp³-hybridized carbons (Fsp3) is 0.105. The maximum Gasteiger partial charge on any atom is 0.254 e. The molecule has 0 saturated heterocycles. The Morgan fingerprint density at radius 3 is 2.67 bits per heavy atom. The van der Waals surface area contributed by atoms with E-state index in [2.05, 4.69) is 10.3 Å². The summed E-state index contributed by atoms with van der Waals surface area (Å²) in [5.74, 6) is 0.199. The number of rotatable bonds is 5. The number of aromatic nitrogens is 2. The Bertz CT molecular complexity index is 1050. The monoisotopic (exact) mass is 403 g/mol. The number of para-hydroxylation sites is 1. The van der Waals surface area contributed by atoms with Crippen molar-refractivity contribution >= 4 is 34.8 Å². The van der Waals surface area contributed by atoms with Crippen molar-refractivity contribution in [3.05, 3.63) is 75.3 Å². The number of carbonyl (C=O) groups is 1. The Balaban J connectivity index is 1.78. The van der Waals surface area contributed by atoms with Gasteiger partial charge in [-0.05, 0) is 30.3 Å². The zero-order valence-electron chi connectivity index (χ0n) is 14.3. The van der Waals surface area contributed by atoms with E-state index >= 15 is 0 Å². The van der Waals surface area contributed by atoms with Crippen LogP contribution in [0.3, 0.4) is 0 Å². The molecule has 0 unspecified atom stereocenters. The van der Waals surface area contributed by atoms with Crippen LogP contribution in [0.25, 0.3) is 11.3 Å². The fourth-order valence-corrected chi connectivity index (χ4v) is 2.94. The summed E-state index contributed by atoms with van der Waals surface area (Å²) in [5, 5.41) is 3.42. The van der Waals surface area contributed by atoms with Gasteiger partial charge in [0.2, 0.25) is 5.91 Å². The van der Waals surface area contributed by atoms with Gasteiger partial charge in [-0.3, -0.25) is 14.2 Å². The van der Waals surface area contributed by atoms with E-state index in [9.17, 15) is 9.59 Å². The lowest BCUT2D eigenvalue weighted by Gasteiger charge is -2.10. The quantitative estimate of drug-likeness (QED) is 0.701. The van der Waals surface area contributed by atoms with Gasteiger partial charge >= 0.3 is 0 Å². The third-order valence-electron chi connectivity index (χ3n) is 3.78. The lowest BCUT2D eigenvalue weighted by atomic mass is 10.1. The van der Waals surface area contributed by atoms with Gasteiger partial charge in [-0.1, -0.05) is 35.3 Å². The predicted octanol–water partition coefficient (Wildman–Crippen LogP) is 3.86. The van der Waals surface area contributed by atoms with E-state index in [1.54, 1.807) is 31.4 Å². The van der Waals surface area contributed by atoms with Crippen molar-refractivity contribution in [2.45, 2.75) is 6.54 Å². The topological polar surface area (TPSA) is 73.2 Å². The summed E-state index contributed by atoms with van der Waals surface area (Å²) < 4.78 is 6.49. The smallest absolute Gasteiger partial charge is 0.254 e. The normalized spacial score (nSPS) is 10.5. The molecule has 0 bridgehead atoms. The molecule has 0 aliphatic rings. The van der Waals surface area contributed by atoms with E-state index in [0.717, 1.165) is 0 Å². The summed E-state index contributed by atoms with van der Waals surface area (Å²) in [6.45, 7) is -0.197. The van der Waals surface area contributed by atoms with E-state index in [1.165, 1.54) is 23.0 Å². The maximum absolute atomic E-state index is 12.4. The first-order valence-corrected chi connectivity index (χ1v) is 8.68. The van der Waals surface area contributed by atoms with Crippen LogP contribution in [-0.2, 0) is 11.3 Å². The minimum atomic E-state index is -0.409. The highest BCUT2D eigenvalue weighted by atomic mass is 35.5. The number of nitrogens with zero attached hydrogens (tertiary/aromatic N) is 2. The van der Waals surface area contributed by atoms with Gasteiger partial charge in [-0.15, -0.1) is 0 Å². The third-order valence-corrected chi connectivity index (χ3v) is 4.33. The molecule has 0 spiro atoms. The molecule has 2 aromatic carbocycles. The molecule has 1 heterocycles. The third kappa shape index (κ3) is 4.48. The Hall–Kier alpha value is -2.83. The highest BCUT2D eigenvalue weighted by Gasteiger charge is 2.11. The van der Waals surface area contributed by atoms with Gasteiger partial charge in [-0.25, -0.2) is 4.98 Å². The van der Waals surface area contributed by atoms with Gasteiger partial charge < -0.3 is 10.1 Å². The molecule has 0 atom stereocenters. The van der Waals surface area contributed by atoms with Crippen molar-refractivity contribution in [1.82, 2.24) is 9.55 Å². The lowest BCUT2D eigenvalue weighted by molar-refractivity contribution is -0.116. The van der Waals surface area contributed by atoms with Gasteiger partial charge in [0.15, 0.2) is 0 Å². The summed E-state index contributed by atoms with van der Waals surface area (Å²) >= 11 is 11.9. The van der Waals surface area contributed by atoms with Gasteiger partial charge in [0.1, 0.15) is 12.3 Å². The second kappa shape index (κ2) is 8.24. The van der Waals surface area contributed by atoms with Gasteiger partial charge in [0.25, 0.3) is 5.56 Å². The number of benzene rings is 2. The number of hydrogen-bond donors (Lipinski definition) is 1. The second-order valence-electron chi connectivity index (χ2n) is 5.61. The van der Waals surface area contributed by atoms with Gasteiger partial charge in [0.05, 0.1) is 29.8 Å². The highest BCUT2D eigenvalue weighted by Crippen LogP contribution is 2.27. The minimum Gasteiger partial charge on any atom is -0.496 e. The molecule has 138 valence electrons. The summed E-state index contributed by atoms with van der Waals surface area (Å²) in [4.78, 5) is 28.9. The molecule has 0 aliphatic carbocycles. The SMILES string of the molecule is COc1ccccc1-c1cc(=O)n(CC(=O)Nc2ccc(Cl)cc2Cl)cn1. The number of anilines is 1. The molecule has 0 fully saturated rings. The maximum atomic E-state index is 12.4. The summed E-state index contributed by atoms with van der Waals surface area (Å²) in [6.07, 6.45) is 1.33. The van der Waals surface area contributed by atoms with E-state index in [-0.39, 0.29) is 12.1 Å². The lowest BCUT2D eigenvalue weighted by Crippen LogP contribution is -2.27. The predicted molar refractivity (Wildman–Crippen MR) is 106 cm³/mol. The molecule has 1 aromatic heterocycles. The first-order chi connectivity index (χ1) is 13.0. The summed E-state index contributed by atoms with van der Waals surface area (Å²) in [6, 6.07) is 13.3. The standard InChI is InChI=1S/C19H15Cl2N3O3/c1-27-17-5-3-2-4-13(17)16-9-19(26)24(11-22-16)10-18(25)23-15-7-6-12(20)8-14(15)21/h2-9,11H,10H2,1H3,(H,23,25). The molecule has 1 amide bonds. The van der Waals surface area contributed by atoms with Crippen molar-refractivity contribution < 1.29 is 9.53 Å². The molecular weight excluding hydrogens is 389 g/mol. The molecular formula is C19H15Cl2N3O3. The molecule has 0 saturated carbocycles. The number of carbonyl (C=O) groups excluding carboxylic acids is 1. The van der Waals surface area contributed by atoms with E-state index in [0.29, 0.717) is 32.7 Å². The zero-order chi connectivity index (χ0) is 19.4. The molecule has 27 heavy (non-hydrogen) atoms.